The zero-order valence-corrected chi connectivity index (χ0v) is 9.12. The van der Waals surface area contributed by atoms with Gasteiger partial charge in [0.2, 0.25) is 0 Å². The SMILES string of the molecule is COC(=O)c1c(O)cncc1-c1cccnc1. The topological polar surface area (TPSA) is 72.3 Å². The van der Waals surface area contributed by atoms with Crippen LogP contribution in [0.1, 0.15) is 10.4 Å². The molecular weight excluding hydrogens is 220 g/mol. The summed E-state index contributed by atoms with van der Waals surface area (Å²) in [6.07, 6.45) is 5.90. The Morgan fingerprint density at radius 1 is 1.29 bits per heavy atom. The minimum atomic E-state index is -0.608. The van der Waals surface area contributed by atoms with E-state index in [2.05, 4.69) is 14.7 Å². The average Bonchev–Trinajstić information content (AvgIpc) is 2.38. The smallest absolute Gasteiger partial charge is 0.342 e. The van der Waals surface area contributed by atoms with Gasteiger partial charge in [-0.3, -0.25) is 9.97 Å². The molecule has 2 rings (SSSR count). The van der Waals surface area contributed by atoms with Crippen LogP contribution in [0.2, 0.25) is 0 Å². The summed E-state index contributed by atoms with van der Waals surface area (Å²) in [4.78, 5) is 19.4. The van der Waals surface area contributed by atoms with Crippen molar-refractivity contribution in [2.45, 2.75) is 0 Å². The van der Waals surface area contributed by atoms with Crippen LogP contribution in [-0.4, -0.2) is 28.2 Å². The predicted molar refractivity (Wildman–Crippen MR) is 60.5 cm³/mol. The van der Waals surface area contributed by atoms with Crippen LogP contribution >= 0.6 is 0 Å². The van der Waals surface area contributed by atoms with Crippen molar-refractivity contribution in [1.82, 2.24) is 9.97 Å². The summed E-state index contributed by atoms with van der Waals surface area (Å²) in [5.41, 5.74) is 1.27. The summed E-state index contributed by atoms with van der Waals surface area (Å²) in [6, 6.07) is 3.51. The minimum absolute atomic E-state index is 0.0931. The van der Waals surface area contributed by atoms with Gasteiger partial charge in [0.15, 0.2) is 0 Å². The fourth-order valence-electron chi connectivity index (χ4n) is 1.51. The first-order valence-corrected chi connectivity index (χ1v) is 4.89. The van der Waals surface area contributed by atoms with Crippen LogP contribution in [0.3, 0.4) is 0 Å². The van der Waals surface area contributed by atoms with Crippen molar-refractivity contribution in [2.75, 3.05) is 7.11 Å². The lowest BCUT2D eigenvalue weighted by Gasteiger charge is -2.08. The molecule has 2 aromatic heterocycles. The molecule has 0 amide bonds. The van der Waals surface area contributed by atoms with Crippen LogP contribution in [-0.2, 0) is 4.74 Å². The predicted octanol–water partition coefficient (Wildman–Crippen LogP) is 1.64. The minimum Gasteiger partial charge on any atom is -0.505 e. The molecule has 0 aromatic carbocycles. The van der Waals surface area contributed by atoms with Crippen molar-refractivity contribution < 1.29 is 14.6 Å². The lowest BCUT2D eigenvalue weighted by molar-refractivity contribution is 0.0598. The number of aromatic nitrogens is 2. The molecule has 0 aliphatic carbocycles. The molecule has 17 heavy (non-hydrogen) atoms. The Kier molecular flexibility index (Phi) is 3.00. The standard InChI is InChI=1S/C12H10N2O3/c1-17-12(16)11-9(6-14-7-10(11)15)8-3-2-4-13-5-8/h2-7,15H,1H3. The Bertz CT molecular complexity index is 541. The van der Waals surface area contributed by atoms with Crippen LogP contribution in [0, 0.1) is 0 Å². The summed E-state index contributed by atoms with van der Waals surface area (Å²) >= 11 is 0. The van der Waals surface area contributed by atoms with E-state index in [4.69, 9.17) is 0 Å². The Morgan fingerprint density at radius 3 is 2.76 bits per heavy atom. The van der Waals surface area contributed by atoms with Crippen LogP contribution in [0.4, 0.5) is 0 Å². The highest BCUT2D eigenvalue weighted by Gasteiger charge is 2.18. The normalized spacial score (nSPS) is 9.94. The van der Waals surface area contributed by atoms with Crippen LogP contribution < -0.4 is 0 Å². The number of ether oxygens (including phenoxy) is 1. The molecule has 0 spiro atoms. The number of hydrogen-bond acceptors (Lipinski definition) is 5. The maximum atomic E-state index is 11.6. The van der Waals surface area contributed by atoms with Crippen LogP contribution in [0.25, 0.3) is 11.1 Å². The second-order valence-corrected chi connectivity index (χ2v) is 3.31. The van der Waals surface area contributed by atoms with Crippen molar-refractivity contribution in [3.63, 3.8) is 0 Å². The fourth-order valence-corrected chi connectivity index (χ4v) is 1.51. The van der Waals surface area contributed by atoms with Gasteiger partial charge in [0.1, 0.15) is 11.3 Å². The summed E-state index contributed by atoms with van der Waals surface area (Å²) < 4.78 is 4.63. The number of rotatable bonds is 2. The van der Waals surface area contributed by atoms with Crippen LogP contribution in [0.5, 0.6) is 5.75 Å². The third kappa shape index (κ3) is 2.08. The van der Waals surface area contributed by atoms with Gasteiger partial charge in [-0.25, -0.2) is 4.79 Å². The summed E-state index contributed by atoms with van der Waals surface area (Å²) in [7, 11) is 1.26. The molecule has 0 radical (unpaired) electrons. The molecule has 86 valence electrons. The second-order valence-electron chi connectivity index (χ2n) is 3.31. The lowest BCUT2D eigenvalue weighted by atomic mass is 10.0. The molecule has 0 unspecified atom stereocenters. The number of nitrogens with zero attached hydrogens (tertiary/aromatic N) is 2. The third-order valence-electron chi connectivity index (χ3n) is 2.29. The van der Waals surface area contributed by atoms with Crippen molar-refractivity contribution in [2.24, 2.45) is 0 Å². The van der Waals surface area contributed by atoms with E-state index in [9.17, 15) is 9.90 Å². The molecule has 0 aliphatic heterocycles. The van der Waals surface area contributed by atoms with Crippen molar-refractivity contribution in [3.05, 3.63) is 42.5 Å². The Hall–Kier alpha value is -2.43. The first-order valence-electron chi connectivity index (χ1n) is 4.89. The maximum absolute atomic E-state index is 11.6. The molecule has 0 fully saturated rings. The van der Waals surface area contributed by atoms with Gasteiger partial charge < -0.3 is 9.84 Å². The molecule has 1 N–H and O–H groups in total. The number of esters is 1. The molecule has 0 aliphatic rings. The van der Waals surface area contributed by atoms with Gasteiger partial charge in [-0.1, -0.05) is 6.07 Å². The first-order chi connectivity index (χ1) is 8.24. The monoisotopic (exact) mass is 230 g/mol. The Balaban J connectivity index is 2.62. The Morgan fingerprint density at radius 2 is 2.12 bits per heavy atom. The molecule has 0 saturated carbocycles. The molecule has 0 atom stereocenters. The highest BCUT2D eigenvalue weighted by molar-refractivity contribution is 5.99. The molecular formula is C12H10N2O3. The maximum Gasteiger partial charge on any atom is 0.342 e. The highest BCUT2D eigenvalue weighted by Crippen LogP contribution is 2.28. The zero-order chi connectivity index (χ0) is 12.3. The van der Waals surface area contributed by atoms with E-state index in [1.54, 1.807) is 24.5 Å². The van der Waals surface area contributed by atoms with Gasteiger partial charge in [-0.2, -0.15) is 0 Å². The average molecular weight is 230 g/mol. The van der Waals surface area contributed by atoms with Gasteiger partial charge in [0.05, 0.1) is 13.3 Å². The van der Waals surface area contributed by atoms with E-state index < -0.39 is 5.97 Å². The quantitative estimate of drug-likeness (QED) is 0.794. The molecule has 5 heteroatoms. The first kappa shape index (κ1) is 11.1. The van der Waals surface area contributed by atoms with Gasteiger partial charge in [-0.05, 0) is 6.07 Å². The lowest BCUT2D eigenvalue weighted by Crippen LogP contribution is -2.04. The van der Waals surface area contributed by atoms with E-state index in [1.165, 1.54) is 19.5 Å². The van der Waals surface area contributed by atoms with Gasteiger partial charge in [-0.15, -0.1) is 0 Å². The van der Waals surface area contributed by atoms with Gasteiger partial charge >= 0.3 is 5.97 Å². The number of methoxy groups -OCH3 is 1. The van der Waals surface area contributed by atoms with E-state index in [0.717, 1.165) is 0 Å². The van der Waals surface area contributed by atoms with E-state index in [1.807, 2.05) is 0 Å². The number of pyridine rings is 2. The largest absolute Gasteiger partial charge is 0.505 e. The van der Waals surface area contributed by atoms with E-state index in [-0.39, 0.29) is 11.3 Å². The number of carbonyl (C=O) groups excluding carboxylic acids is 1. The van der Waals surface area contributed by atoms with Crippen molar-refractivity contribution in [1.29, 1.82) is 0 Å². The summed E-state index contributed by atoms with van der Waals surface area (Å²) in [5.74, 6) is -0.818. The molecule has 0 saturated heterocycles. The summed E-state index contributed by atoms with van der Waals surface area (Å²) in [6.45, 7) is 0. The summed E-state index contributed by atoms with van der Waals surface area (Å²) in [5, 5.41) is 9.67. The van der Waals surface area contributed by atoms with Crippen LogP contribution in [0.15, 0.2) is 36.9 Å². The van der Waals surface area contributed by atoms with Crippen molar-refractivity contribution in [3.8, 4) is 16.9 Å². The highest BCUT2D eigenvalue weighted by atomic mass is 16.5. The molecule has 2 heterocycles. The number of hydrogen-bond donors (Lipinski definition) is 1. The van der Waals surface area contributed by atoms with Gasteiger partial charge in [0, 0.05) is 29.7 Å². The van der Waals surface area contributed by atoms with E-state index >= 15 is 0 Å². The molecule has 5 nitrogen and oxygen atoms in total. The zero-order valence-electron chi connectivity index (χ0n) is 9.12. The van der Waals surface area contributed by atoms with Crippen molar-refractivity contribution >= 4 is 5.97 Å². The molecule has 0 bridgehead atoms. The fraction of sp³-hybridized carbons (Fsp3) is 0.0833. The number of carbonyl (C=O) groups is 1. The molecule has 2 aromatic rings. The van der Waals surface area contributed by atoms with Gasteiger partial charge in [0.25, 0.3) is 0 Å². The number of aromatic hydroxyl groups is 1. The second kappa shape index (κ2) is 4.61. The third-order valence-corrected chi connectivity index (χ3v) is 2.29. The Labute approximate surface area is 97.7 Å². The van der Waals surface area contributed by atoms with E-state index in [0.29, 0.717) is 11.1 Å².